The molecule has 1 atom stereocenters. The van der Waals surface area contributed by atoms with E-state index in [1.165, 1.54) is 23.7 Å². The van der Waals surface area contributed by atoms with Crippen molar-refractivity contribution in [2.75, 3.05) is 18.5 Å². The second-order valence-electron chi connectivity index (χ2n) is 11.5. The Hall–Kier alpha value is -3.95. The summed E-state index contributed by atoms with van der Waals surface area (Å²) in [5.41, 5.74) is 4.22. The van der Waals surface area contributed by atoms with E-state index in [0.717, 1.165) is 43.2 Å². The number of benzene rings is 3. The van der Waals surface area contributed by atoms with E-state index in [9.17, 15) is 4.79 Å². The Morgan fingerprint density at radius 1 is 1.00 bits per heavy atom. The minimum atomic E-state index is -0.577. The van der Waals surface area contributed by atoms with Crippen molar-refractivity contribution in [2.24, 2.45) is 0 Å². The summed E-state index contributed by atoms with van der Waals surface area (Å²) in [4.78, 5) is 18.7. The molecule has 0 amide bonds. The highest BCUT2D eigenvalue weighted by atomic mass is 35.5. The van der Waals surface area contributed by atoms with Gasteiger partial charge in [0.2, 0.25) is 11.1 Å². The van der Waals surface area contributed by atoms with Crippen molar-refractivity contribution in [3.05, 3.63) is 106 Å². The monoisotopic (exact) mass is 658 g/mol. The van der Waals surface area contributed by atoms with Crippen LogP contribution in [-0.2, 0) is 21.7 Å². The molecule has 1 saturated carbocycles. The van der Waals surface area contributed by atoms with Crippen LogP contribution in [0.4, 0.5) is 5.95 Å². The highest BCUT2D eigenvalue weighted by Gasteiger charge is 2.37. The van der Waals surface area contributed by atoms with E-state index in [1.54, 1.807) is 4.68 Å². The molecule has 8 nitrogen and oxygen atoms in total. The maximum atomic E-state index is 13.9. The molecular formula is C36H39ClN4O4S. The summed E-state index contributed by atoms with van der Waals surface area (Å²) in [6.07, 6.45) is 5.78. The third-order valence-electron chi connectivity index (χ3n) is 8.27. The number of anilines is 1. The van der Waals surface area contributed by atoms with Gasteiger partial charge in [0, 0.05) is 22.9 Å². The number of hydrogen-bond acceptors (Lipinski definition) is 8. The number of halogens is 1. The van der Waals surface area contributed by atoms with Gasteiger partial charge in [-0.05, 0) is 74.4 Å². The SMILES string of the molecule is CCOc1cc(C2C(C(=O)OC3CCCCC3)=C(C)Nc3nc(SCc4ccccc4Cl)nn32)ccc1OCCc1ccccc1. The summed E-state index contributed by atoms with van der Waals surface area (Å²) < 4.78 is 20.2. The van der Waals surface area contributed by atoms with E-state index in [2.05, 4.69) is 17.4 Å². The van der Waals surface area contributed by atoms with Crippen LogP contribution in [0.25, 0.3) is 0 Å². The summed E-state index contributed by atoms with van der Waals surface area (Å²) >= 11 is 7.90. The molecule has 46 heavy (non-hydrogen) atoms. The first-order chi connectivity index (χ1) is 22.5. The van der Waals surface area contributed by atoms with E-state index in [4.69, 9.17) is 35.9 Å². The van der Waals surface area contributed by atoms with E-state index >= 15 is 0 Å². The maximum Gasteiger partial charge on any atom is 0.338 e. The topological polar surface area (TPSA) is 87.5 Å². The molecule has 10 heteroatoms. The number of nitrogens with zero attached hydrogens (tertiary/aromatic N) is 3. The van der Waals surface area contributed by atoms with Gasteiger partial charge in [0.15, 0.2) is 11.5 Å². The Labute approximate surface area is 279 Å². The van der Waals surface area contributed by atoms with Crippen LogP contribution in [0.3, 0.4) is 0 Å². The fraction of sp³-hybridized carbons (Fsp3) is 0.361. The van der Waals surface area contributed by atoms with Crippen molar-refractivity contribution in [3.63, 3.8) is 0 Å². The molecular weight excluding hydrogens is 620 g/mol. The largest absolute Gasteiger partial charge is 0.490 e. The highest BCUT2D eigenvalue weighted by Crippen LogP contribution is 2.41. The van der Waals surface area contributed by atoms with Crippen LogP contribution in [0, 0.1) is 0 Å². The first-order valence-electron chi connectivity index (χ1n) is 15.9. The highest BCUT2D eigenvalue weighted by molar-refractivity contribution is 7.98. The van der Waals surface area contributed by atoms with E-state index in [0.29, 0.717) is 57.9 Å². The summed E-state index contributed by atoms with van der Waals surface area (Å²) in [6.45, 7) is 4.81. The van der Waals surface area contributed by atoms with Crippen LogP contribution in [0.2, 0.25) is 5.02 Å². The molecule has 0 radical (unpaired) electrons. The van der Waals surface area contributed by atoms with Crippen LogP contribution in [0.5, 0.6) is 11.5 Å². The first kappa shape index (κ1) is 32.0. The number of allylic oxidation sites excluding steroid dienone is 1. The molecule has 1 aromatic heterocycles. The average Bonchev–Trinajstić information content (AvgIpc) is 3.47. The normalized spacial score (nSPS) is 16.5. The molecule has 1 aliphatic heterocycles. The number of rotatable bonds is 12. The standard InChI is InChI=1S/C36H39ClN4O4S/c1-3-43-31-22-26(18-19-30(31)44-21-20-25-12-6-4-7-13-25)33-32(34(42)45-28-15-8-5-9-16-28)24(2)38-35-39-36(40-41(33)35)46-23-27-14-10-11-17-29(27)37/h4,6-7,10-14,17-19,22,28,33H,3,5,8-9,15-16,20-21,23H2,1-2H3,(H,38,39,40). The molecule has 2 aliphatic rings. The molecule has 1 fully saturated rings. The van der Waals surface area contributed by atoms with Crippen LogP contribution in [0.1, 0.15) is 68.7 Å². The molecule has 4 aromatic rings. The Morgan fingerprint density at radius 3 is 2.57 bits per heavy atom. The number of nitrogens with one attached hydrogen (secondary N) is 1. The van der Waals surface area contributed by atoms with E-state index in [-0.39, 0.29) is 12.1 Å². The lowest BCUT2D eigenvalue weighted by Gasteiger charge is -2.30. The number of carbonyl (C=O) groups is 1. The summed E-state index contributed by atoms with van der Waals surface area (Å²) in [5.74, 6) is 2.09. The van der Waals surface area contributed by atoms with Crippen molar-refractivity contribution in [3.8, 4) is 11.5 Å². The lowest BCUT2D eigenvalue weighted by Crippen LogP contribution is -2.32. The average molecular weight is 659 g/mol. The zero-order valence-electron chi connectivity index (χ0n) is 26.2. The molecule has 240 valence electrons. The lowest BCUT2D eigenvalue weighted by atomic mass is 9.94. The lowest BCUT2D eigenvalue weighted by molar-refractivity contribution is -0.146. The molecule has 0 bridgehead atoms. The fourth-order valence-corrected chi connectivity index (χ4v) is 7.04. The molecule has 1 aliphatic carbocycles. The van der Waals surface area contributed by atoms with Crippen molar-refractivity contribution in [1.82, 2.24) is 14.8 Å². The predicted octanol–water partition coefficient (Wildman–Crippen LogP) is 8.41. The third kappa shape index (κ3) is 7.53. The summed E-state index contributed by atoms with van der Waals surface area (Å²) in [6, 6.07) is 23.2. The number of thioether (sulfide) groups is 1. The van der Waals surface area contributed by atoms with Gasteiger partial charge in [-0.2, -0.15) is 4.98 Å². The van der Waals surface area contributed by atoms with Gasteiger partial charge >= 0.3 is 5.97 Å². The van der Waals surface area contributed by atoms with Gasteiger partial charge in [0.05, 0.1) is 18.8 Å². The molecule has 0 saturated heterocycles. The van der Waals surface area contributed by atoms with E-state index in [1.807, 2.05) is 74.5 Å². The second-order valence-corrected chi connectivity index (χ2v) is 12.8. The van der Waals surface area contributed by atoms with Gasteiger partial charge < -0.3 is 19.5 Å². The van der Waals surface area contributed by atoms with Crippen molar-refractivity contribution < 1.29 is 19.0 Å². The Morgan fingerprint density at radius 2 is 1.78 bits per heavy atom. The zero-order valence-corrected chi connectivity index (χ0v) is 27.8. The minimum Gasteiger partial charge on any atom is -0.490 e. The molecule has 3 aromatic carbocycles. The van der Waals surface area contributed by atoms with Crippen molar-refractivity contribution >= 4 is 35.3 Å². The van der Waals surface area contributed by atoms with Gasteiger partial charge in [0.25, 0.3) is 0 Å². The number of esters is 1. The number of aromatic nitrogens is 3. The van der Waals surface area contributed by atoms with Gasteiger partial charge in [-0.1, -0.05) is 84.4 Å². The molecule has 0 spiro atoms. The Bertz CT molecular complexity index is 1690. The van der Waals surface area contributed by atoms with Crippen LogP contribution < -0.4 is 14.8 Å². The summed E-state index contributed by atoms with van der Waals surface area (Å²) in [7, 11) is 0. The van der Waals surface area contributed by atoms with Crippen LogP contribution in [0.15, 0.2) is 89.2 Å². The number of hydrogen-bond donors (Lipinski definition) is 1. The smallest absolute Gasteiger partial charge is 0.338 e. The maximum absolute atomic E-state index is 13.9. The first-order valence-corrected chi connectivity index (χ1v) is 17.3. The molecule has 2 heterocycles. The quantitative estimate of drug-likeness (QED) is 0.120. The number of carbonyl (C=O) groups excluding carboxylic acids is 1. The van der Waals surface area contributed by atoms with Gasteiger partial charge in [-0.3, -0.25) is 0 Å². The van der Waals surface area contributed by atoms with Crippen LogP contribution in [-0.4, -0.2) is 40.1 Å². The van der Waals surface area contributed by atoms with Gasteiger partial charge in [-0.15, -0.1) is 5.10 Å². The van der Waals surface area contributed by atoms with E-state index < -0.39 is 6.04 Å². The fourth-order valence-electron chi connectivity index (χ4n) is 5.93. The molecule has 1 unspecified atom stereocenters. The minimum absolute atomic E-state index is 0.0829. The van der Waals surface area contributed by atoms with Crippen molar-refractivity contribution in [1.29, 1.82) is 0 Å². The predicted molar refractivity (Wildman–Crippen MR) is 182 cm³/mol. The summed E-state index contributed by atoms with van der Waals surface area (Å²) in [5, 5.41) is 9.50. The van der Waals surface area contributed by atoms with Crippen LogP contribution >= 0.6 is 23.4 Å². The van der Waals surface area contributed by atoms with Crippen molar-refractivity contribution in [2.45, 2.75) is 75.4 Å². The van der Waals surface area contributed by atoms with Gasteiger partial charge in [0.1, 0.15) is 12.1 Å². The Kier molecular flexibility index (Phi) is 10.5. The molecule has 1 N–H and O–H groups in total. The zero-order chi connectivity index (χ0) is 31.9. The van der Waals surface area contributed by atoms with Gasteiger partial charge in [-0.25, -0.2) is 9.48 Å². The molecule has 6 rings (SSSR count). The second kappa shape index (κ2) is 15.1. The number of ether oxygens (including phenoxy) is 3. The number of fused-ring (bicyclic) bond motifs is 1. The third-order valence-corrected chi connectivity index (χ3v) is 9.52. The Balaban J connectivity index is 1.31.